The number of hydrogen-bond acceptors (Lipinski definition) is 2. The number of rotatable bonds is 5. The summed E-state index contributed by atoms with van der Waals surface area (Å²) < 4.78 is 0.803. The Morgan fingerprint density at radius 3 is 2.68 bits per heavy atom. The van der Waals surface area contributed by atoms with Crippen molar-refractivity contribution in [2.24, 2.45) is 5.92 Å². The molecular weight excluding hydrogens is 330 g/mol. The second kappa shape index (κ2) is 6.71. The largest absolute Gasteiger partial charge is 0.270 e. The van der Waals surface area contributed by atoms with Crippen LogP contribution >= 0.6 is 27.5 Å². The molecule has 1 unspecified atom stereocenters. The fourth-order valence-electron chi connectivity index (χ4n) is 2.70. The number of alkyl halides is 1. The van der Waals surface area contributed by atoms with E-state index in [2.05, 4.69) is 15.9 Å². The van der Waals surface area contributed by atoms with Gasteiger partial charge in [-0.3, -0.25) is 10.1 Å². The third-order valence-electron chi connectivity index (χ3n) is 3.85. The smallest absolute Gasteiger partial charge is 0.258 e. The van der Waals surface area contributed by atoms with Gasteiger partial charge in [-0.1, -0.05) is 34.8 Å². The second-order valence-corrected chi connectivity index (χ2v) is 6.55. The van der Waals surface area contributed by atoms with Crippen molar-refractivity contribution in [1.82, 2.24) is 0 Å². The predicted molar refractivity (Wildman–Crippen MR) is 80.7 cm³/mol. The Kier molecular flexibility index (Phi) is 5.22. The van der Waals surface area contributed by atoms with Crippen molar-refractivity contribution in [1.29, 1.82) is 0 Å². The highest BCUT2D eigenvalue weighted by Gasteiger charge is 2.23. The first-order valence-electron chi connectivity index (χ1n) is 6.65. The Hall–Kier alpha value is -0.610. The van der Waals surface area contributed by atoms with Crippen molar-refractivity contribution in [2.75, 3.05) is 0 Å². The van der Waals surface area contributed by atoms with E-state index in [9.17, 15) is 10.1 Å². The minimum atomic E-state index is -0.378. The lowest BCUT2D eigenvalue weighted by Crippen LogP contribution is -2.12. The van der Waals surface area contributed by atoms with E-state index in [-0.39, 0.29) is 16.0 Å². The van der Waals surface area contributed by atoms with Gasteiger partial charge in [0.15, 0.2) is 0 Å². The molecule has 0 spiro atoms. The van der Waals surface area contributed by atoms with Gasteiger partial charge in [-0.05, 0) is 37.2 Å². The van der Waals surface area contributed by atoms with Gasteiger partial charge in [0.25, 0.3) is 5.69 Å². The predicted octanol–water partition coefficient (Wildman–Crippen LogP) is 5.09. The van der Waals surface area contributed by atoms with Crippen LogP contribution in [0.5, 0.6) is 0 Å². The van der Waals surface area contributed by atoms with Gasteiger partial charge < -0.3 is 0 Å². The fourth-order valence-corrected chi connectivity index (χ4v) is 3.63. The Morgan fingerprint density at radius 1 is 1.42 bits per heavy atom. The van der Waals surface area contributed by atoms with Crippen molar-refractivity contribution < 1.29 is 4.92 Å². The first-order chi connectivity index (χ1) is 9.08. The van der Waals surface area contributed by atoms with Crippen LogP contribution in [0.1, 0.15) is 37.7 Å². The molecule has 104 valence electrons. The molecule has 1 fully saturated rings. The lowest BCUT2D eigenvalue weighted by Gasteiger charge is -2.16. The summed E-state index contributed by atoms with van der Waals surface area (Å²) in [6.07, 6.45) is 6.89. The molecule has 5 heteroatoms. The molecular formula is C14H17BrClNO2. The number of hydrogen-bond donors (Lipinski definition) is 0. The summed E-state index contributed by atoms with van der Waals surface area (Å²) >= 11 is 9.85. The molecule has 1 atom stereocenters. The Bertz CT molecular complexity index is 461. The summed E-state index contributed by atoms with van der Waals surface area (Å²) in [4.78, 5) is 10.3. The van der Waals surface area contributed by atoms with E-state index >= 15 is 0 Å². The normalized spacial score (nSPS) is 17.6. The average molecular weight is 347 g/mol. The molecule has 0 N–H and O–H groups in total. The van der Waals surface area contributed by atoms with Crippen molar-refractivity contribution >= 4 is 33.2 Å². The number of nitrogens with zero attached hydrogens (tertiary/aromatic N) is 1. The van der Waals surface area contributed by atoms with Crippen LogP contribution in [0.25, 0.3) is 0 Å². The van der Waals surface area contributed by atoms with Crippen LogP contribution in [0.15, 0.2) is 22.7 Å². The van der Waals surface area contributed by atoms with Crippen LogP contribution in [0, 0.1) is 16.0 Å². The van der Waals surface area contributed by atoms with E-state index in [4.69, 9.17) is 11.6 Å². The molecule has 1 aliphatic rings. The molecule has 1 aromatic carbocycles. The lowest BCUT2D eigenvalue weighted by atomic mass is 9.97. The molecule has 3 nitrogen and oxygen atoms in total. The molecule has 1 aromatic rings. The SMILES string of the molecule is O=[N+]([O-])c1ccc(CCC(Cl)C2CCCC2)c(Br)c1. The summed E-state index contributed by atoms with van der Waals surface area (Å²) in [6, 6.07) is 4.94. The van der Waals surface area contributed by atoms with Gasteiger partial charge in [0.2, 0.25) is 0 Å². The Morgan fingerprint density at radius 2 is 2.11 bits per heavy atom. The zero-order valence-corrected chi connectivity index (χ0v) is 13.0. The highest BCUT2D eigenvalue weighted by Crippen LogP contribution is 2.33. The van der Waals surface area contributed by atoms with Crippen LogP contribution in [0.2, 0.25) is 0 Å². The van der Waals surface area contributed by atoms with Crippen LogP contribution in [-0.2, 0) is 6.42 Å². The minimum Gasteiger partial charge on any atom is -0.258 e. The maximum absolute atomic E-state index is 10.7. The third kappa shape index (κ3) is 3.93. The molecule has 0 aromatic heterocycles. The molecule has 0 heterocycles. The number of nitro benzene ring substituents is 1. The van der Waals surface area contributed by atoms with Crippen LogP contribution < -0.4 is 0 Å². The van der Waals surface area contributed by atoms with Crippen molar-refractivity contribution in [3.63, 3.8) is 0 Å². The van der Waals surface area contributed by atoms with Crippen LogP contribution in [-0.4, -0.2) is 10.3 Å². The molecule has 0 amide bonds. The summed E-state index contributed by atoms with van der Waals surface area (Å²) in [7, 11) is 0. The van der Waals surface area contributed by atoms with Gasteiger partial charge in [-0.25, -0.2) is 0 Å². The van der Waals surface area contributed by atoms with Crippen LogP contribution in [0.4, 0.5) is 5.69 Å². The maximum Gasteiger partial charge on any atom is 0.270 e. The van der Waals surface area contributed by atoms with Gasteiger partial charge >= 0.3 is 0 Å². The number of nitro groups is 1. The third-order valence-corrected chi connectivity index (χ3v) is 5.16. The van der Waals surface area contributed by atoms with Gasteiger partial charge in [0, 0.05) is 22.0 Å². The van der Waals surface area contributed by atoms with E-state index in [1.165, 1.54) is 25.7 Å². The standard InChI is InChI=1S/C14H17BrClNO2/c15-13-9-12(17(18)19)7-5-10(13)6-8-14(16)11-3-1-2-4-11/h5,7,9,11,14H,1-4,6,8H2. The monoisotopic (exact) mass is 345 g/mol. The molecule has 0 bridgehead atoms. The zero-order chi connectivity index (χ0) is 13.8. The molecule has 1 aliphatic carbocycles. The van der Waals surface area contributed by atoms with Crippen molar-refractivity contribution in [3.05, 3.63) is 38.3 Å². The van der Waals surface area contributed by atoms with Crippen molar-refractivity contribution in [3.8, 4) is 0 Å². The summed E-state index contributed by atoms with van der Waals surface area (Å²) in [5, 5.41) is 10.9. The van der Waals surface area contributed by atoms with E-state index in [0.717, 1.165) is 22.9 Å². The van der Waals surface area contributed by atoms with Gasteiger partial charge in [-0.15, -0.1) is 11.6 Å². The van der Waals surface area contributed by atoms with E-state index in [0.29, 0.717) is 5.92 Å². The fraction of sp³-hybridized carbons (Fsp3) is 0.571. The Labute approximate surface area is 126 Å². The summed E-state index contributed by atoms with van der Waals surface area (Å²) in [6.45, 7) is 0. The second-order valence-electron chi connectivity index (χ2n) is 5.13. The molecule has 19 heavy (non-hydrogen) atoms. The number of non-ortho nitro benzene ring substituents is 1. The topological polar surface area (TPSA) is 43.1 Å². The van der Waals surface area contributed by atoms with Gasteiger partial charge in [0.05, 0.1) is 4.92 Å². The van der Waals surface area contributed by atoms with Gasteiger partial charge in [-0.2, -0.15) is 0 Å². The maximum atomic E-state index is 10.7. The van der Waals surface area contributed by atoms with E-state index in [1.54, 1.807) is 12.1 Å². The molecule has 0 radical (unpaired) electrons. The van der Waals surface area contributed by atoms with Gasteiger partial charge in [0.1, 0.15) is 0 Å². The first kappa shape index (κ1) is 14.8. The number of benzene rings is 1. The highest BCUT2D eigenvalue weighted by molar-refractivity contribution is 9.10. The van der Waals surface area contributed by atoms with Crippen molar-refractivity contribution in [2.45, 2.75) is 43.9 Å². The summed E-state index contributed by atoms with van der Waals surface area (Å²) in [5.74, 6) is 0.651. The highest BCUT2D eigenvalue weighted by atomic mass is 79.9. The molecule has 2 rings (SSSR count). The lowest BCUT2D eigenvalue weighted by molar-refractivity contribution is -0.384. The molecule has 1 saturated carbocycles. The zero-order valence-electron chi connectivity index (χ0n) is 10.6. The Balaban J connectivity index is 1.93. The number of aryl methyl sites for hydroxylation is 1. The minimum absolute atomic E-state index is 0.119. The molecule has 0 saturated heterocycles. The van der Waals surface area contributed by atoms with E-state index in [1.807, 2.05) is 6.07 Å². The van der Waals surface area contributed by atoms with E-state index < -0.39 is 0 Å². The molecule has 0 aliphatic heterocycles. The van der Waals surface area contributed by atoms with Crippen LogP contribution in [0.3, 0.4) is 0 Å². The first-order valence-corrected chi connectivity index (χ1v) is 7.88. The summed E-state index contributed by atoms with van der Waals surface area (Å²) in [5.41, 5.74) is 1.21. The quantitative estimate of drug-likeness (QED) is 0.423. The average Bonchev–Trinajstić information content (AvgIpc) is 2.90. The number of halogens is 2.